The highest BCUT2D eigenvalue weighted by molar-refractivity contribution is 5.90. The van der Waals surface area contributed by atoms with Gasteiger partial charge in [0, 0.05) is 12.8 Å². The van der Waals surface area contributed by atoms with Crippen molar-refractivity contribution in [3.63, 3.8) is 0 Å². The number of hydrogen-bond donors (Lipinski definition) is 0. The molecule has 0 aliphatic heterocycles. The first-order chi connectivity index (χ1) is 18.7. The SMILES string of the molecule is O=C(OOC1=C(OOC(=O)c2ccc(-c3ccccc3)cc2)CCCC1)c1ccc(-c2ccccc2)cc1. The molecule has 6 nitrogen and oxygen atoms in total. The molecule has 6 heteroatoms. The van der Waals surface area contributed by atoms with Crippen molar-refractivity contribution in [1.29, 1.82) is 0 Å². The molecule has 0 bridgehead atoms. The van der Waals surface area contributed by atoms with Gasteiger partial charge in [-0.1, -0.05) is 84.9 Å². The molecule has 5 rings (SSSR count). The van der Waals surface area contributed by atoms with Crippen molar-refractivity contribution >= 4 is 11.9 Å². The molecule has 38 heavy (non-hydrogen) atoms. The standard InChI is InChI=1S/C32H26O6/c33-31(27-19-15-25(16-20-27)23-9-3-1-4-10-23)37-35-29-13-7-8-14-30(29)36-38-32(34)28-21-17-26(18-22-28)24-11-5-2-6-12-24/h1-6,9-12,15-22H,7-8,13-14H2. The first-order valence-corrected chi connectivity index (χ1v) is 12.5. The van der Waals surface area contributed by atoms with Crippen LogP contribution in [0.2, 0.25) is 0 Å². The summed E-state index contributed by atoms with van der Waals surface area (Å²) in [5, 5.41) is 0. The van der Waals surface area contributed by atoms with Gasteiger partial charge in [0.2, 0.25) is 0 Å². The first kappa shape index (κ1) is 24.8. The van der Waals surface area contributed by atoms with Crippen LogP contribution in [0.4, 0.5) is 0 Å². The summed E-state index contributed by atoms with van der Waals surface area (Å²) in [7, 11) is 0. The Bertz CT molecular complexity index is 1300. The zero-order valence-electron chi connectivity index (χ0n) is 20.7. The van der Waals surface area contributed by atoms with Crippen LogP contribution in [0.15, 0.2) is 121 Å². The average Bonchev–Trinajstić information content (AvgIpc) is 3.00. The third-order valence-corrected chi connectivity index (χ3v) is 6.26. The molecule has 0 amide bonds. The van der Waals surface area contributed by atoms with Crippen LogP contribution in [0.1, 0.15) is 46.4 Å². The van der Waals surface area contributed by atoms with Crippen LogP contribution in [0, 0.1) is 0 Å². The van der Waals surface area contributed by atoms with E-state index in [1.165, 1.54) is 0 Å². The van der Waals surface area contributed by atoms with Crippen LogP contribution >= 0.6 is 0 Å². The lowest BCUT2D eigenvalue weighted by Gasteiger charge is -2.17. The lowest BCUT2D eigenvalue weighted by Crippen LogP contribution is -2.13. The third-order valence-electron chi connectivity index (χ3n) is 6.26. The van der Waals surface area contributed by atoms with Crippen LogP contribution in [-0.2, 0) is 19.6 Å². The minimum Gasteiger partial charge on any atom is -0.287 e. The predicted octanol–water partition coefficient (Wildman–Crippen LogP) is 7.68. The molecule has 0 fully saturated rings. The fourth-order valence-electron chi connectivity index (χ4n) is 4.16. The topological polar surface area (TPSA) is 71.1 Å². The van der Waals surface area contributed by atoms with Gasteiger partial charge < -0.3 is 0 Å². The summed E-state index contributed by atoms with van der Waals surface area (Å²) in [6, 6.07) is 33.9. The van der Waals surface area contributed by atoms with Gasteiger partial charge in [0.1, 0.15) is 0 Å². The summed E-state index contributed by atoms with van der Waals surface area (Å²) in [4.78, 5) is 45.9. The number of benzene rings is 4. The molecule has 0 saturated carbocycles. The van der Waals surface area contributed by atoms with E-state index in [9.17, 15) is 9.59 Å². The van der Waals surface area contributed by atoms with Gasteiger partial charge in [-0.2, -0.15) is 0 Å². The van der Waals surface area contributed by atoms with Gasteiger partial charge in [0.05, 0.1) is 11.1 Å². The van der Waals surface area contributed by atoms with Crippen LogP contribution in [-0.4, -0.2) is 11.9 Å². The first-order valence-electron chi connectivity index (χ1n) is 12.5. The van der Waals surface area contributed by atoms with Gasteiger partial charge in [-0.3, -0.25) is 9.78 Å². The quantitative estimate of drug-likeness (QED) is 0.180. The zero-order valence-corrected chi connectivity index (χ0v) is 20.7. The molecule has 0 unspecified atom stereocenters. The summed E-state index contributed by atoms with van der Waals surface area (Å²) in [5.74, 6) is -0.592. The summed E-state index contributed by atoms with van der Waals surface area (Å²) < 4.78 is 0. The molecule has 0 radical (unpaired) electrons. The Labute approximate surface area is 220 Å². The number of rotatable bonds is 8. The number of allylic oxidation sites excluding steroid dienone is 2. The second-order valence-corrected chi connectivity index (χ2v) is 8.85. The molecule has 190 valence electrons. The van der Waals surface area contributed by atoms with E-state index in [4.69, 9.17) is 19.6 Å². The van der Waals surface area contributed by atoms with Gasteiger partial charge in [-0.25, -0.2) is 19.4 Å². The minimum absolute atomic E-state index is 0.331. The van der Waals surface area contributed by atoms with E-state index in [1.54, 1.807) is 24.3 Å². The van der Waals surface area contributed by atoms with E-state index in [-0.39, 0.29) is 0 Å². The molecular weight excluding hydrogens is 480 g/mol. The van der Waals surface area contributed by atoms with Crippen molar-refractivity contribution in [3.05, 3.63) is 132 Å². The second kappa shape index (κ2) is 11.9. The molecule has 0 saturated heterocycles. The Balaban J connectivity index is 1.17. The highest BCUT2D eigenvalue weighted by atomic mass is 17.2. The maximum Gasteiger partial charge on any atom is 0.386 e. The molecule has 0 heterocycles. The molecule has 0 N–H and O–H groups in total. The molecule has 1 aliphatic carbocycles. The zero-order chi connectivity index (χ0) is 26.2. The van der Waals surface area contributed by atoms with Crippen LogP contribution < -0.4 is 0 Å². The van der Waals surface area contributed by atoms with Crippen LogP contribution in [0.3, 0.4) is 0 Å². The maximum atomic E-state index is 12.5. The van der Waals surface area contributed by atoms with Crippen LogP contribution in [0.5, 0.6) is 0 Å². The Morgan fingerprint density at radius 1 is 0.447 bits per heavy atom. The van der Waals surface area contributed by atoms with Crippen molar-refractivity contribution < 1.29 is 29.1 Å². The molecule has 4 aromatic rings. The lowest BCUT2D eigenvalue weighted by molar-refractivity contribution is -0.239. The number of carbonyl (C=O) groups is 2. The van der Waals surface area contributed by atoms with E-state index in [0.29, 0.717) is 35.5 Å². The molecular formula is C32H26O6. The lowest BCUT2D eigenvalue weighted by atomic mass is 10.0. The summed E-state index contributed by atoms with van der Waals surface area (Å²) in [6.45, 7) is 0. The van der Waals surface area contributed by atoms with Gasteiger partial charge in [-0.15, -0.1) is 0 Å². The van der Waals surface area contributed by atoms with Gasteiger partial charge in [-0.05, 0) is 59.4 Å². The average molecular weight is 507 g/mol. The van der Waals surface area contributed by atoms with Gasteiger partial charge in [0.15, 0.2) is 11.5 Å². The molecule has 1 aliphatic rings. The molecule has 0 atom stereocenters. The fraction of sp³-hybridized carbons (Fsp3) is 0.125. The Kier molecular flexibility index (Phi) is 7.80. The second-order valence-electron chi connectivity index (χ2n) is 8.85. The number of carbonyl (C=O) groups excluding carboxylic acids is 2. The highest BCUT2D eigenvalue weighted by Crippen LogP contribution is 2.28. The van der Waals surface area contributed by atoms with E-state index in [1.807, 2.05) is 84.9 Å². The third kappa shape index (κ3) is 6.10. The van der Waals surface area contributed by atoms with Gasteiger partial charge >= 0.3 is 11.9 Å². The Morgan fingerprint density at radius 2 is 0.789 bits per heavy atom. The van der Waals surface area contributed by atoms with Crippen molar-refractivity contribution in [2.24, 2.45) is 0 Å². The van der Waals surface area contributed by atoms with Crippen molar-refractivity contribution in [2.45, 2.75) is 25.7 Å². The summed E-state index contributed by atoms with van der Waals surface area (Å²) in [6.07, 6.45) is 2.67. The van der Waals surface area contributed by atoms with Crippen molar-refractivity contribution in [3.8, 4) is 22.3 Å². The molecule has 0 aromatic heterocycles. The predicted molar refractivity (Wildman–Crippen MR) is 142 cm³/mol. The monoisotopic (exact) mass is 506 g/mol. The number of hydrogen-bond acceptors (Lipinski definition) is 6. The van der Waals surface area contributed by atoms with Crippen molar-refractivity contribution in [1.82, 2.24) is 0 Å². The summed E-state index contributed by atoms with van der Waals surface area (Å²) >= 11 is 0. The van der Waals surface area contributed by atoms with E-state index in [0.717, 1.165) is 35.1 Å². The minimum atomic E-state index is -0.627. The van der Waals surface area contributed by atoms with E-state index in [2.05, 4.69) is 0 Å². The van der Waals surface area contributed by atoms with Gasteiger partial charge in [0.25, 0.3) is 0 Å². The van der Waals surface area contributed by atoms with E-state index < -0.39 is 11.9 Å². The molecule has 0 spiro atoms. The fourth-order valence-corrected chi connectivity index (χ4v) is 4.16. The highest BCUT2D eigenvalue weighted by Gasteiger charge is 2.22. The van der Waals surface area contributed by atoms with Crippen molar-refractivity contribution in [2.75, 3.05) is 0 Å². The van der Waals surface area contributed by atoms with E-state index >= 15 is 0 Å². The largest absolute Gasteiger partial charge is 0.386 e. The smallest absolute Gasteiger partial charge is 0.287 e. The Hall–Kier alpha value is -4.84. The summed E-state index contributed by atoms with van der Waals surface area (Å²) in [5.41, 5.74) is 4.80. The molecule has 4 aromatic carbocycles. The normalized spacial score (nSPS) is 12.9. The maximum absolute atomic E-state index is 12.5. The van der Waals surface area contributed by atoms with Crippen LogP contribution in [0.25, 0.3) is 22.3 Å². The Morgan fingerprint density at radius 3 is 1.16 bits per heavy atom.